The van der Waals surface area contributed by atoms with Crippen LogP contribution in [-0.4, -0.2) is 70.4 Å². The molecule has 0 spiro atoms. The summed E-state index contributed by atoms with van der Waals surface area (Å²) in [4.78, 5) is 26.7. The Labute approximate surface area is 169 Å². The highest BCUT2D eigenvalue weighted by Gasteiger charge is 2.40. The molecule has 2 aromatic heterocycles. The van der Waals surface area contributed by atoms with Crippen molar-refractivity contribution in [1.82, 2.24) is 19.9 Å². The molecule has 0 aromatic carbocycles. The normalized spacial score (nSPS) is 21.4. The van der Waals surface area contributed by atoms with Crippen LogP contribution in [0.3, 0.4) is 0 Å². The zero-order valence-corrected chi connectivity index (χ0v) is 16.4. The molecule has 2 aliphatic rings. The van der Waals surface area contributed by atoms with E-state index in [1.165, 1.54) is 5.01 Å². The summed E-state index contributed by atoms with van der Waals surface area (Å²) in [7, 11) is 1.64. The average Bonchev–Trinajstić information content (AvgIpc) is 3.38. The number of carbonyl (C=O) groups is 1. The van der Waals surface area contributed by atoms with Crippen molar-refractivity contribution in [3.05, 3.63) is 29.0 Å². The quantitative estimate of drug-likeness (QED) is 0.788. The first-order valence-electron chi connectivity index (χ1n) is 8.78. The highest BCUT2D eigenvalue weighted by atomic mass is 32.1. The van der Waals surface area contributed by atoms with Gasteiger partial charge >= 0.3 is 12.1 Å². The van der Waals surface area contributed by atoms with E-state index in [1.54, 1.807) is 24.8 Å². The number of halogens is 3. The third-order valence-electron chi connectivity index (χ3n) is 4.81. The van der Waals surface area contributed by atoms with E-state index in [0.717, 1.165) is 50.4 Å². The molecule has 0 unspecified atom stereocenters. The van der Waals surface area contributed by atoms with Crippen molar-refractivity contribution in [3.8, 4) is 5.88 Å². The van der Waals surface area contributed by atoms with Crippen LogP contribution in [0.15, 0.2) is 24.0 Å². The predicted molar refractivity (Wildman–Crippen MR) is 98.9 cm³/mol. The van der Waals surface area contributed by atoms with Gasteiger partial charge in [0, 0.05) is 43.8 Å². The van der Waals surface area contributed by atoms with Crippen LogP contribution in [0.2, 0.25) is 0 Å². The van der Waals surface area contributed by atoms with E-state index >= 15 is 0 Å². The molecule has 2 saturated heterocycles. The van der Waals surface area contributed by atoms with Gasteiger partial charge in [0.25, 0.3) is 0 Å². The van der Waals surface area contributed by atoms with Crippen molar-refractivity contribution in [3.63, 3.8) is 0 Å². The zero-order chi connectivity index (χ0) is 21.0. The minimum atomic E-state index is -5.08. The number of carboxylic acids is 1. The van der Waals surface area contributed by atoms with Crippen LogP contribution in [0.5, 0.6) is 5.88 Å². The van der Waals surface area contributed by atoms with Crippen LogP contribution in [-0.2, 0) is 11.3 Å². The molecule has 2 aromatic rings. The number of fused-ring (bicyclic) bond motifs is 1. The number of hydrogen-bond donors (Lipinski definition) is 1. The first-order chi connectivity index (χ1) is 13.8. The van der Waals surface area contributed by atoms with Gasteiger partial charge in [-0.2, -0.15) is 13.2 Å². The van der Waals surface area contributed by atoms with Gasteiger partial charge in [-0.15, -0.1) is 11.3 Å². The molecule has 12 heteroatoms. The van der Waals surface area contributed by atoms with Gasteiger partial charge in [0.1, 0.15) is 17.2 Å². The second-order valence-electron chi connectivity index (χ2n) is 6.77. The monoisotopic (exact) mass is 431 g/mol. The number of likely N-dealkylation sites (tertiary alicyclic amines) is 1. The van der Waals surface area contributed by atoms with E-state index in [-0.39, 0.29) is 0 Å². The van der Waals surface area contributed by atoms with Crippen molar-refractivity contribution in [1.29, 1.82) is 0 Å². The molecule has 0 aliphatic carbocycles. The van der Waals surface area contributed by atoms with E-state index in [4.69, 9.17) is 14.6 Å². The summed E-state index contributed by atoms with van der Waals surface area (Å²) in [6.45, 7) is 5.44. The second kappa shape index (κ2) is 8.91. The molecule has 1 N–H and O–H groups in total. The fraction of sp³-hybridized carbons (Fsp3) is 0.529. The fourth-order valence-electron chi connectivity index (χ4n) is 3.54. The Hall–Kier alpha value is -2.47. The summed E-state index contributed by atoms with van der Waals surface area (Å²) in [6.07, 6.45) is -1.61. The molecule has 2 fully saturated rings. The van der Waals surface area contributed by atoms with Crippen LogP contribution in [0.4, 0.5) is 19.0 Å². The number of ether oxygens (including phenoxy) is 1. The zero-order valence-electron chi connectivity index (χ0n) is 15.5. The topological polar surface area (TPSA) is 91.7 Å². The van der Waals surface area contributed by atoms with Gasteiger partial charge in [-0.25, -0.2) is 19.7 Å². The van der Waals surface area contributed by atoms with Crippen LogP contribution < -0.4 is 9.64 Å². The van der Waals surface area contributed by atoms with E-state index in [9.17, 15) is 13.2 Å². The average molecular weight is 431 g/mol. The van der Waals surface area contributed by atoms with Crippen LogP contribution in [0.1, 0.15) is 5.01 Å². The minimum Gasteiger partial charge on any atom is -0.481 e. The van der Waals surface area contributed by atoms with Gasteiger partial charge in [-0.05, 0) is 11.8 Å². The Balaban J connectivity index is 0.000000298. The Morgan fingerprint density at radius 3 is 2.41 bits per heavy atom. The lowest BCUT2D eigenvalue weighted by atomic mass is 10.0. The summed E-state index contributed by atoms with van der Waals surface area (Å²) >= 11 is 1.75. The SMILES string of the molecule is COc1cc(N2C[C@H]3CN(Cc4nccs4)C[C@H]3C2)ncn1.O=C(O)C(F)(F)F. The van der Waals surface area contributed by atoms with E-state index < -0.39 is 12.1 Å². The molecule has 0 radical (unpaired) electrons. The molecule has 29 heavy (non-hydrogen) atoms. The van der Waals surface area contributed by atoms with Crippen molar-refractivity contribution in [2.75, 3.05) is 38.2 Å². The maximum Gasteiger partial charge on any atom is 0.490 e. The highest BCUT2D eigenvalue weighted by Crippen LogP contribution is 2.34. The lowest BCUT2D eigenvalue weighted by Gasteiger charge is -2.21. The number of rotatable bonds is 4. The minimum absolute atomic E-state index is 0.632. The number of hydrogen-bond acceptors (Lipinski definition) is 8. The standard InChI is InChI=1S/C15H19N5OS.C2HF3O2/c1-21-14-4-13(17-10-18-14)20-7-11-5-19(6-12(11)8-20)9-15-16-2-3-22-15;3-2(4,5)1(6)7/h2-4,10-12H,5-9H2,1H3;(H,6,7)/t11-,12+;. The van der Waals surface area contributed by atoms with Crippen molar-refractivity contribution >= 4 is 23.1 Å². The van der Waals surface area contributed by atoms with Crippen LogP contribution >= 0.6 is 11.3 Å². The van der Waals surface area contributed by atoms with Gasteiger partial charge in [-0.1, -0.05) is 0 Å². The van der Waals surface area contributed by atoms with E-state index in [2.05, 4.69) is 30.1 Å². The van der Waals surface area contributed by atoms with Crippen molar-refractivity contribution in [2.24, 2.45) is 11.8 Å². The molecule has 0 saturated carbocycles. The summed E-state index contributed by atoms with van der Waals surface area (Å²) in [5, 5.41) is 10.4. The summed E-state index contributed by atoms with van der Waals surface area (Å²) in [6, 6.07) is 1.92. The number of aromatic nitrogens is 3. The predicted octanol–water partition coefficient (Wildman–Crippen LogP) is 2.14. The molecule has 4 heterocycles. The first kappa shape index (κ1) is 21.2. The Kier molecular flexibility index (Phi) is 6.52. The van der Waals surface area contributed by atoms with Crippen molar-refractivity contribution in [2.45, 2.75) is 12.7 Å². The number of aliphatic carboxylic acids is 1. The molecule has 8 nitrogen and oxygen atoms in total. The summed E-state index contributed by atoms with van der Waals surface area (Å²) < 4.78 is 36.9. The number of nitrogens with zero attached hydrogens (tertiary/aromatic N) is 5. The molecule has 0 bridgehead atoms. The molecule has 2 atom stereocenters. The maximum absolute atomic E-state index is 10.6. The van der Waals surface area contributed by atoms with Gasteiger partial charge < -0.3 is 14.7 Å². The summed E-state index contributed by atoms with van der Waals surface area (Å²) in [5.41, 5.74) is 0. The lowest BCUT2D eigenvalue weighted by Crippen LogP contribution is -2.29. The molecule has 0 amide bonds. The van der Waals surface area contributed by atoms with E-state index in [1.807, 2.05) is 12.3 Å². The van der Waals surface area contributed by atoms with Gasteiger partial charge in [0.05, 0.1) is 13.7 Å². The Bertz CT molecular complexity index is 807. The van der Waals surface area contributed by atoms with Crippen LogP contribution in [0, 0.1) is 11.8 Å². The molecular formula is C17H20F3N5O3S. The number of alkyl halides is 3. The Morgan fingerprint density at radius 1 is 1.24 bits per heavy atom. The summed E-state index contributed by atoms with van der Waals surface area (Å²) in [5.74, 6) is 0.300. The second-order valence-corrected chi connectivity index (χ2v) is 7.75. The molecule has 158 valence electrons. The molecule has 2 aliphatic heterocycles. The maximum atomic E-state index is 10.6. The smallest absolute Gasteiger partial charge is 0.481 e. The van der Waals surface area contributed by atoms with E-state index in [0.29, 0.717) is 5.88 Å². The lowest BCUT2D eigenvalue weighted by molar-refractivity contribution is -0.192. The number of thiazole rings is 1. The fourth-order valence-corrected chi connectivity index (χ4v) is 4.20. The number of carboxylic acid groups (broad SMARTS) is 1. The van der Waals surface area contributed by atoms with Gasteiger partial charge in [0.15, 0.2) is 0 Å². The van der Waals surface area contributed by atoms with Gasteiger partial charge in [-0.3, -0.25) is 4.90 Å². The first-order valence-corrected chi connectivity index (χ1v) is 9.66. The largest absolute Gasteiger partial charge is 0.490 e. The Morgan fingerprint density at radius 2 is 1.90 bits per heavy atom. The molecule has 4 rings (SSSR count). The molecular weight excluding hydrogens is 411 g/mol. The van der Waals surface area contributed by atoms with Crippen LogP contribution in [0.25, 0.3) is 0 Å². The third-order valence-corrected chi connectivity index (χ3v) is 5.57. The van der Waals surface area contributed by atoms with Gasteiger partial charge in [0.2, 0.25) is 5.88 Å². The third kappa shape index (κ3) is 5.54. The van der Waals surface area contributed by atoms with Crippen molar-refractivity contribution < 1.29 is 27.8 Å². The number of methoxy groups -OCH3 is 1. The number of anilines is 1. The highest BCUT2D eigenvalue weighted by molar-refractivity contribution is 7.09.